The summed E-state index contributed by atoms with van der Waals surface area (Å²) in [5.41, 5.74) is 2.90. The van der Waals surface area contributed by atoms with E-state index in [0.717, 1.165) is 0 Å². The van der Waals surface area contributed by atoms with Crippen LogP contribution in [-0.4, -0.2) is 30.8 Å². The molecule has 0 aliphatic rings. The maximum absolute atomic E-state index is 12.3. The summed E-state index contributed by atoms with van der Waals surface area (Å²) in [5.74, 6) is -0.652. The fourth-order valence-corrected chi connectivity index (χ4v) is 2.89. The van der Waals surface area contributed by atoms with E-state index in [1.807, 2.05) is 13.0 Å². The van der Waals surface area contributed by atoms with E-state index in [1.165, 1.54) is 0 Å². The number of benzene rings is 3. The average Bonchev–Trinajstić information content (AvgIpc) is 2.79. The first-order valence-corrected chi connectivity index (χ1v) is 9.93. The third-order valence-corrected chi connectivity index (χ3v) is 4.36. The largest absolute Gasteiger partial charge is 0.376 e. The second-order valence-electron chi connectivity index (χ2n) is 6.74. The third-order valence-electron chi connectivity index (χ3n) is 4.36. The van der Waals surface area contributed by atoms with Crippen molar-refractivity contribution in [3.05, 3.63) is 90.0 Å². The average molecular weight is 416 g/mol. The molecule has 0 heterocycles. The van der Waals surface area contributed by atoms with Crippen molar-refractivity contribution in [3.8, 4) is 0 Å². The van der Waals surface area contributed by atoms with Crippen LogP contribution in [0.4, 0.5) is 17.1 Å². The van der Waals surface area contributed by atoms with E-state index in [2.05, 4.69) is 21.3 Å². The molecule has 0 bridgehead atoms. The number of nitrogens with one attached hydrogen (secondary N) is 4. The van der Waals surface area contributed by atoms with Gasteiger partial charge in [-0.2, -0.15) is 0 Å². The van der Waals surface area contributed by atoms with E-state index in [1.54, 1.807) is 72.8 Å². The van der Waals surface area contributed by atoms with E-state index in [0.29, 0.717) is 34.7 Å². The van der Waals surface area contributed by atoms with Gasteiger partial charge in [-0.3, -0.25) is 14.4 Å². The monoisotopic (exact) mass is 416 g/mol. The molecule has 3 amide bonds. The van der Waals surface area contributed by atoms with Gasteiger partial charge in [0.15, 0.2) is 0 Å². The quantitative estimate of drug-likeness (QED) is 0.450. The Bertz CT molecular complexity index is 1070. The summed E-state index contributed by atoms with van der Waals surface area (Å²) in [5, 5.41) is 11.4. The molecule has 31 heavy (non-hydrogen) atoms. The van der Waals surface area contributed by atoms with E-state index >= 15 is 0 Å². The Balaban J connectivity index is 1.55. The van der Waals surface area contributed by atoms with Crippen molar-refractivity contribution in [1.29, 1.82) is 0 Å². The number of amides is 3. The Hall–Kier alpha value is -4.13. The van der Waals surface area contributed by atoms with Crippen molar-refractivity contribution >= 4 is 34.8 Å². The molecule has 0 atom stereocenters. The minimum atomic E-state index is -0.258. The molecule has 0 saturated heterocycles. The zero-order chi connectivity index (χ0) is 22.1. The molecule has 4 N–H and O–H groups in total. The molecule has 7 heteroatoms. The van der Waals surface area contributed by atoms with Crippen LogP contribution < -0.4 is 21.3 Å². The fraction of sp³-hybridized carbons (Fsp3) is 0.125. The summed E-state index contributed by atoms with van der Waals surface area (Å²) in [6.07, 6.45) is 0. The van der Waals surface area contributed by atoms with Crippen molar-refractivity contribution < 1.29 is 14.4 Å². The molecule has 3 aromatic rings. The van der Waals surface area contributed by atoms with Crippen LogP contribution in [0.5, 0.6) is 0 Å². The van der Waals surface area contributed by atoms with Gasteiger partial charge in [0, 0.05) is 34.7 Å². The van der Waals surface area contributed by atoms with Crippen molar-refractivity contribution in [2.24, 2.45) is 0 Å². The second kappa shape index (κ2) is 10.6. The SMILES string of the molecule is CCNC(=O)c1cccc(NC(=O)CNc2cccc(NC(=O)c3ccccc3)c2)c1. The Morgan fingerprint density at radius 2 is 1.32 bits per heavy atom. The van der Waals surface area contributed by atoms with Gasteiger partial charge in [0.05, 0.1) is 6.54 Å². The van der Waals surface area contributed by atoms with Gasteiger partial charge < -0.3 is 21.3 Å². The predicted octanol–water partition coefficient (Wildman–Crippen LogP) is 3.74. The molecular weight excluding hydrogens is 392 g/mol. The van der Waals surface area contributed by atoms with Crippen LogP contribution in [0.15, 0.2) is 78.9 Å². The van der Waals surface area contributed by atoms with Crippen molar-refractivity contribution in [1.82, 2.24) is 5.32 Å². The molecule has 0 aliphatic carbocycles. The first-order chi connectivity index (χ1) is 15.0. The van der Waals surface area contributed by atoms with Gasteiger partial charge in [-0.1, -0.05) is 30.3 Å². The van der Waals surface area contributed by atoms with Gasteiger partial charge in [0.1, 0.15) is 0 Å². The first-order valence-electron chi connectivity index (χ1n) is 9.93. The molecule has 3 rings (SSSR count). The highest BCUT2D eigenvalue weighted by molar-refractivity contribution is 6.04. The van der Waals surface area contributed by atoms with E-state index < -0.39 is 0 Å². The lowest BCUT2D eigenvalue weighted by atomic mass is 10.2. The van der Waals surface area contributed by atoms with Crippen LogP contribution in [0.2, 0.25) is 0 Å². The lowest BCUT2D eigenvalue weighted by molar-refractivity contribution is -0.114. The number of hydrogen-bond acceptors (Lipinski definition) is 4. The smallest absolute Gasteiger partial charge is 0.255 e. The summed E-state index contributed by atoms with van der Waals surface area (Å²) >= 11 is 0. The lowest BCUT2D eigenvalue weighted by Crippen LogP contribution is -2.24. The first kappa shape index (κ1) is 21.6. The maximum Gasteiger partial charge on any atom is 0.255 e. The second-order valence-corrected chi connectivity index (χ2v) is 6.74. The standard InChI is InChI=1S/C24H24N4O3/c1-2-25-23(30)18-10-6-12-20(14-18)27-22(29)16-26-19-11-7-13-21(15-19)28-24(31)17-8-4-3-5-9-17/h3-15,26H,2,16H2,1H3,(H,25,30)(H,27,29)(H,28,31). The Kier molecular flexibility index (Phi) is 7.37. The number of anilines is 3. The highest BCUT2D eigenvalue weighted by Gasteiger charge is 2.08. The number of carbonyl (C=O) groups is 3. The maximum atomic E-state index is 12.3. The fourth-order valence-electron chi connectivity index (χ4n) is 2.89. The van der Waals surface area contributed by atoms with E-state index in [4.69, 9.17) is 0 Å². The highest BCUT2D eigenvalue weighted by Crippen LogP contribution is 2.16. The highest BCUT2D eigenvalue weighted by atomic mass is 16.2. The predicted molar refractivity (Wildman–Crippen MR) is 122 cm³/mol. The van der Waals surface area contributed by atoms with Gasteiger partial charge in [-0.25, -0.2) is 0 Å². The molecule has 0 spiro atoms. The zero-order valence-corrected chi connectivity index (χ0v) is 17.1. The van der Waals surface area contributed by atoms with Crippen LogP contribution >= 0.6 is 0 Å². The minimum Gasteiger partial charge on any atom is -0.376 e. The Labute approximate surface area is 180 Å². The van der Waals surface area contributed by atoms with Crippen LogP contribution in [0.1, 0.15) is 27.6 Å². The molecule has 0 saturated carbocycles. The number of rotatable bonds is 8. The molecule has 0 unspecified atom stereocenters. The van der Waals surface area contributed by atoms with E-state index in [9.17, 15) is 14.4 Å². The molecular formula is C24H24N4O3. The molecule has 0 aromatic heterocycles. The van der Waals surface area contributed by atoms with Crippen molar-refractivity contribution in [3.63, 3.8) is 0 Å². The van der Waals surface area contributed by atoms with Gasteiger partial charge in [-0.15, -0.1) is 0 Å². The van der Waals surface area contributed by atoms with Crippen LogP contribution in [0, 0.1) is 0 Å². The summed E-state index contributed by atoms with van der Waals surface area (Å²) in [6, 6.07) is 22.8. The van der Waals surface area contributed by atoms with Gasteiger partial charge in [0.2, 0.25) is 5.91 Å². The zero-order valence-electron chi connectivity index (χ0n) is 17.1. The summed E-state index contributed by atoms with van der Waals surface area (Å²) in [7, 11) is 0. The normalized spacial score (nSPS) is 10.1. The van der Waals surface area contributed by atoms with Gasteiger partial charge >= 0.3 is 0 Å². The molecule has 0 radical (unpaired) electrons. The van der Waals surface area contributed by atoms with E-state index in [-0.39, 0.29) is 24.3 Å². The van der Waals surface area contributed by atoms with Crippen LogP contribution in [0.3, 0.4) is 0 Å². The summed E-state index contributed by atoms with van der Waals surface area (Å²) < 4.78 is 0. The summed E-state index contributed by atoms with van der Waals surface area (Å²) in [6.45, 7) is 2.41. The number of hydrogen-bond donors (Lipinski definition) is 4. The van der Waals surface area contributed by atoms with Crippen LogP contribution in [0.25, 0.3) is 0 Å². The molecule has 158 valence electrons. The molecule has 7 nitrogen and oxygen atoms in total. The van der Waals surface area contributed by atoms with Crippen molar-refractivity contribution in [2.75, 3.05) is 29.0 Å². The Morgan fingerprint density at radius 1 is 0.677 bits per heavy atom. The number of carbonyl (C=O) groups excluding carboxylic acids is 3. The minimum absolute atomic E-state index is 0.0292. The molecule has 3 aromatic carbocycles. The Morgan fingerprint density at radius 3 is 2.06 bits per heavy atom. The van der Waals surface area contributed by atoms with Gasteiger partial charge in [-0.05, 0) is 55.5 Å². The topological polar surface area (TPSA) is 99.3 Å². The molecule has 0 fully saturated rings. The van der Waals surface area contributed by atoms with Gasteiger partial charge in [0.25, 0.3) is 11.8 Å². The summed E-state index contributed by atoms with van der Waals surface area (Å²) in [4.78, 5) is 36.5. The lowest BCUT2D eigenvalue weighted by Gasteiger charge is -2.11. The van der Waals surface area contributed by atoms with Crippen molar-refractivity contribution in [2.45, 2.75) is 6.92 Å². The third kappa shape index (κ3) is 6.43. The molecule has 0 aliphatic heterocycles. The van der Waals surface area contributed by atoms with Crippen LogP contribution in [-0.2, 0) is 4.79 Å².